The fraction of sp³-hybridized carbons (Fsp3) is 0.308. The third-order valence-corrected chi connectivity index (χ3v) is 2.32. The lowest BCUT2D eigenvalue weighted by Crippen LogP contribution is -1.98. The fourth-order valence-corrected chi connectivity index (χ4v) is 1.51. The fourth-order valence-electron chi connectivity index (χ4n) is 1.51. The number of benzene rings is 1. The van der Waals surface area contributed by atoms with E-state index in [-0.39, 0.29) is 5.82 Å². The molecule has 0 heterocycles. The summed E-state index contributed by atoms with van der Waals surface area (Å²) in [4.78, 5) is 0. The van der Waals surface area contributed by atoms with Crippen LogP contribution in [0.15, 0.2) is 30.9 Å². The molecule has 0 aromatic heterocycles. The standard InChI is InChI=1S/C13H16F/c1-4-6-11-7-8-12(14)9-13(11)10(3)5-2/h5,7-9H,2,4,6H2,1,3H3. The van der Waals surface area contributed by atoms with Crippen molar-refractivity contribution < 1.29 is 4.39 Å². The Morgan fingerprint density at radius 1 is 1.50 bits per heavy atom. The van der Waals surface area contributed by atoms with Crippen LogP contribution < -0.4 is 0 Å². The molecule has 1 heteroatoms. The van der Waals surface area contributed by atoms with Gasteiger partial charge in [-0.2, -0.15) is 0 Å². The molecule has 1 aromatic rings. The first-order chi connectivity index (χ1) is 6.69. The van der Waals surface area contributed by atoms with E-state index in [1.54, 1.807) is 12.1 Å². The number of rotatable bonds is 4. The molecule has 0 atom stereocenters. The first-order valence-electron chi connectivity index (χ1n) is 4.93. The molecular weight excluding hydrogens is 175 g/mol. The molecule has 1 radical (unpaired) electrons. The zero-order valence-corrected chi connectivity index (χ0v) is 8.81. The van der Waals surface area contributed by atoms with Crippen LogP contribution >= 0.6 is 0 Å². The monoisotopic (exact) mass is 191 g/mol. The van der Waals surface area contributed by atoms with Crippen molar-refractivity contribution in [1.29, 1.82) is 0 Å². The van der Waals surface area contributed by atoms with Crippen molar-refractivity contribution >= 4 is 0 Å². The van der Waals surface area contributed by atoms with Gasteiger partial charge in [0.15, 0.2) is 0 Å². The van der Waals surface area contributed by atoms with Gasteiger partial charge >= 0.3 is 0 Å². The van der Waals surface area contributed by atoms with Gasteiger partial charge in [-0.1, -0.05) is 32.4 Å². The summed E-state index contributed by atoms with van der Waals surface area (Å²) in [6.45, 7) is 7.79. The molecule has 0 nitrogen and oxygen atoms in total. The number of hydrogen-bond donors (Lipinski definition) is 0. The molecule has 0 N–H and O–H groups in total. The molecule has 0 fully saturated rings. The zero-order chi connectivity index (χ0) is 10.6. The third-order valence-electron chi connectivity index (χ3n) is 2.32. The topological polar surface area (TPSA) is 0 Å². The normalized spacial score (nSPS) is 10.6. The van der Waals surface area contributed by atoms with Crippen molar-refractivity contribution in [3.8, 4) is 0 Å². The van der Waals surface area contributed by atoms with Crippen LogP contribution in [0.5, 0.6) is 0 Å². The van der Waals surface area contributed by atoms with E-state index in [2.05, 4.69) is 13.5 Å². The van der Waals surface area contributed by atoms with Crippen LogP contribution in [0.4, 0.5) is 4.39 Å². The van der Waals surface area contributed by atoms with Gasteiger partial charge in [0.1, 0.15) is 5.82 Å². The highest BCUT2D eigenvalue weighted by atomic mass is 19.1. The lowest BCUT2D eigenvalue weighted by atomic mass is 9.93. The Morgan fingerprint density at radius 2 is 2.21 bits per heavy atom. The molecule has 0 unspecified atom stereocenters. The summed E-state index contributed by atoms with van der Waals surface area (Å²) in [5, 5.41) is 0. The Balaban J connectivity index is 3.08. The van der Waals surface area contributed by atoms with Gasteiger partial charge in [0, 0.05) is 5.92 Å². The second-order valence-corrected chi connectivity index (χ2v) is 3.44. The van der Waals surface area contributed by atoms with Gasteiger partial charge in [0.25, 0.3) is 0 Å². The summed E-state index contributed by atoms with van der Waals surface area (Å²) in [5.74, 6) is 0.856. The van der Waals surface area contributed by atoms with Crippen LogP contribution in [0.2, 0.25) is 0 Å². The molecule has 0 bridgehead atoms. The largest absolute Gasteiger partial charge is 0.207 e. The smallest absolute Gasteiger partial charge is 0.123 e. The summed E-state index contributed by atoms with van der Waals surface area (Å²) in [5.41, 5.74) is 2.19. The maximum Gasteiger partial charge on any atom is 0.123 e. The summed E-state index contributed by atoms with van der Waals surface area (Å²) in [7, 11) is 0. The van der Waals surface area contributed by atoms with E-state index < -0.39 is 0 Å². The van der Waals surface area contributed by atoms with E-state index >= 15 is 0 Å². The van der Waals surface area contributed by atoms with E-state index in [0.717, 1.165) is 24.3 Å². The van der Waals surface area contributed by atoms with Crippen LogP contribution in [-0.4, -0.2) is 0 Å². The van der Waals surface area contributed by atoms with Crippen molar-refractivity contribution in [2.45, 2.75) is 26.7 Å². The van der Waals surface area contributed by atoms with Crippen molar-refractivity contribution in [1.82, 2.24) is 0 Å². The van der Waals surface area contributed by atoms with E-state index in [0.29, 0.717) is 0 Å². The Labute approximate surface area is 85.5 Å². The predicted octanol–water partition coefficient (Wildman–Crippen LogP) is 3.91. The van der Waals surface area contributed by atoms with Gasteiger partial charge in [-0.15, -0.1) is 6.58 Å². The SMILES string of the molecule is C=C[C](C)c1cc(F)ccc1CCC. The number of allylic oxidation sites excluding steroid dienone is 1. The molecule has 1 rings (SSSR count). The Kier molecular flexibility index (Phi) is 3.87. The van der Waals surface area contributed by atoms with E-state index in [9.17, 15) is 4.39 Å². The Morgan fingerprint density at radius 3 is 2.79 bits per heavy atom. The molecule has 0 spiro atoms. The third kappa shape index (κ3) is 2.44. The van der Waals surface area contributed by atoms with E-state index in [4.69, 9.17) is 0 Å². The summed E-state index contributed by atoms with van der Waals surface area (Å²) in [6.07, 6.45) is 3.83. The number of halogens is 1. The zero-order valence-electron chi connectivity index (χ0n) is 8.81. The minimum Gasteiger partial charge on any atom is -0.207 e. The molecule has 14 heavy (non-hydrogen) atoms. The van der Waals surface area contributed by atoms with Gasteiger partial charge in [-0.05, 0) is 29.7 Å². The lowest BCUT2D eigenvalue weighted by molar-refractivity contribution is 0.625. The van der Waals surface area contributed by atoms with Crippen LogP contribution in [0.25, 0.3) is 0 Å². The maximum absolute atomic E-state index is 13.0. The molecule has 0 saturated carbocycles. The van der Waals surface area contributed by atoms with Gasteiger partial charge in [0.05, 0.1) is 0 Å². The van der Waals surface area contributed by atoms with Gasteiger partial charge < -0.3 is 0 Å². The molecule has 0 aliphatic rings. The molecule has 0 aliphatic heterocycles. The Bertz CT molecular complexity index is 315. The summed E-state index contributed by atoms with van der Waals surface area (Å²) in [6, 6.07) is 4.97. The van der Waals surface area contributed by atoms with Crippen molar-refractivity contribution in [2.75, 3.05) is 0 Å². The Hall–Kier alpha value is -1.11. The molecule has 1 aromatic carbocycles. The predicted molar refractivity (Wildman–Crippen MR) is 58.6 cm³/mol. The molecule has 0 amide bonds. The first-order valence-corrected chi connectivity index (χ1v) is 4.93. The van der Waals surface area contributed by atoms with Crippen molar-refractivity contribution in [3.05, 3.63) is 53.7 Å². The molecular formula is C13H16F. The van der Waals surface area contributed by atoms with Crippen LogP contribution in [0.1, 0.15) is 31.4 Å². The quantitative estimate of drug-likeness (QED) is 0.677. The first kappa shape index (κ1) is 11.0. The van der Waals surface area contributed by atoms with Crippen LogP contribution in [0, 0.1) is 11.7 Å². The van der Waals surface area contributed by atoms with Crippen molar-refractivity contribution in [2.24, 2.45) is 0 Å². The van der Waals surface area contributed by atoms with Gasteiger partial charge in [-0.25, -0.2) is 4.39 Å². The van der Waals surface area contributed by atoms with Crippen LogP contribution in [0.3, 0.4) is 0 Å². The maximum atomic E-state index is 13.0. The summed E-state index contributed by atoms with van der Waals surface area (Å²) >= 11 is 0. The average molecular weight is 191 g/mol. The van der Waals surface area contributed by atoms with E-state index in [1.165, 1.54) is 11.6 Å². The van der Waals surface area contributed by atoms with Gasteiger partial charge in [0.2, 0.25) is 0 Å². The lowest BCUT2D eigenvalue weighted by Gasteiger charge is -2.12. The van der Waals surface area contributed by atoms with E-state index in [1.807, 2.05) is 13.0 Å². The second-order valence-electron chi connectivity index (χ2n) is 3.44. The molecule has 75 valence electrons. The molecule has 0 aliphatic carbocycles. The highest BCUT2D eigenvalue weighted by molar-refractivity contribution is 5.42. The minimum absolute atomic E-state index is 0.180. The van der Waals surface area contributed by atoms with Crippen LogP contribution in [-0.2, 0) is 6.42 Å². The molecule has 0 saturated heterocycles. The van der Waals surface area contributed by atoms with Gasteiger partial charge in [-0.3, -0.25) is 0 Å². The number of aryl methyl sites for hydroxylation is 1. The second kappa shape index (κ2) is 4.94. The average Bonchev–Trinajstić information content (AvgIpc) is 2.20. The van der Waals surface area contributed by atoms with Crippen molar-refractivity contribution in [3.63, 3.8) is 0 Å². The number of hydrogen-bond acceptors (Lipinski definition) is 0. The minimum atomic E-state index is -0.180. The summed E-state index contributed by atoms with van der Waals surface area (Å²) < 4.78 is 13.0. The highest BCUT2D eigenvalue weighted by Crippen LogP contribution is 2.22. The highest BCUT2D eigenvalue weighted by Gasteiger charge is 2.08.